The van der Waals surface area contributed by atoms with Gasteiger partial charge in [-0.3, -0.25) is 14.6 Å². The lowest BCUT2D eigenvalue weighted by Gasteiger charge is -2.36. The minimum absolute atomic E-state index is 0.0847. The fourth-order valence-corrected chi connectivity index (χ4v) is 4.48. The number of hydrogen-bond donors (Lipinski definition) is 1. The van der Waals surface area contributed by atoms with Crippen LogP contribution in [-0.4, -0.2) is 55.0 Å². The molecule has 176 valence electrons. The molecule has 10 heteroatoms. The van der Waals surface area contributed by atoms with Gasteiger partial charge in [-0.1, -0.05) is 24.2 Å². The number of aromatic nitrogens is 1. The van der Waals surface area contributed by atoms with Crippen molar-refractivity contribution in [2.75, 3.05) is 38.2 Å². The van der Waals surface area contributed by atoms with Crippen molar-refractivity contribution < 1.29 is 23.1 Å². The number of benzene rings is 2. The van der Waals surface area contributed by atoms with Crippen LogP contribution in [0.25, 0.3) is 22.0 Å². The normalized spacial score (nSPS) is 13.8. The van der Waals surface area contributed by atoms with Gasteiger partial charge in [-0.05, 0) is 24.3 Å². The number of pyridine rings is 1. The first-order chi connectivity index (χ1) is 16.3. The van der Waals surface area contributed by atoms with Crippen molar-refractivity contribution in [2.45, 2.75) is 0 Å². The van der Waals surface area contributed by atoms with Crippen molar-refractivity contribution in [3.63, 3.8) is 0 Å². The van der Waals surface area contributed by atoms with Crippen LogP contribution in [0, 0.1) is 11.6 Å². The maximum Gasteiger partial charge on any atom is 0.252 e. The highest BCUT2D eigenvalue weighted by Gasteiger charge is 2.28. The van der Waals surface area contributed by atoms with Gasteiger partial charge in [-0.15, -0.1) is 0 Å². The summed E-state index contributed by atoms with van der Waals surface area (Å²) in [4.78, 5) is 31.7. The quantitative estimate of drug-likeness (QED) is 0.554. The van der Waals surface area contributed by atoms with Crippen LogP contribution in [-0.2, 0) is 4.79 Å². The number of halogens is 3. The topological polar surface area (TPSA) is 88.8 Å². The number of carbonyl (C=O) groups is 2. The third-order valence-electron chi connectivity index (χ3n) is 5.82. The number of nitrogens with two attached hydrogens (primary N) is 1. The van der Waals surface area contributed by atoms with Gasteiger partial charge in [0.1, 0.15) is 17.1 Å². The van der Waals surface area contributed by atoms with Crippen molar-refractivity contribution in [3.05, 3.63) is 65.3 Å². The second kappa shape index (κ2) is 9.26. The van der Waals surface area contributed by atoms with Crippen LogP contribution >= 0.6 is 11.6 Å². The number of piperazine rings is 1. The first kappa shape index (κ1) is 23.4. The van der Waals surface area contributed by atoms with Gasteiger partial charge in [0.15, 0.2) is 5.82 Å². The van der Waals surface area contributed by atoms with E-state index in [1.54, 1.807) is 4.90 Å². The lowest BCUT2D eigenvalue weighted by molar-refractivity contribution is -0.126. The maximum atomic E-state index is 15.8. The summed E-state index contributed by atoms with van der Waals surface area (Å²) in [6.07, 6.45) is 2.43. The summed E-state index contributed by atoms with van der Waals surface area (Å²) in [5, 5.41) is 0.167. The Bertz CT molecular complexity index is 1320. The summed E-state index contributed by atoms with van der Waals surface area (Å²) >= 11 is 6.48. The Kier molecular flexibility index (Phi) is 6.39. The van der Waals surface area contributed by atoms with Gasteiger partial charge >= 0.3 is 0 Å². The molecule has 4 rings (SSSR count). The van der Waals surface area contributed by atoms with E-state index >= 15 is 4.39 Å². The molecule has 2 N–H and O–H groups in total. The van der Waals surface area contributed by atoms with Gasteiger partial charge in [-0.25, -0.2) is 8.78 Å². The molecule has 0 radical (unpaired) electrons. The fraction of sp³-hybridized carbons (Fsp3) is 0.208. The molecule has 1 aliphatic rings. The number of nitrogens with zero attached hydrogens (tertiary/aromatic N) is 3. The van der Waals surface area contributed by atoms with Crippen molar-refractivity contribution >= 4 is 40.0 Å². The Labute approximate surface area is 199 Å². The first-order valence-corrected chi connectivity index (χ1v) is 10.8. The zero-order valence-electron chi connectivity index (χ0n) is 18.3. The van der Waals surface area contributed by atoms with E-state index in [-0.39, 0.29) is 44.3 Å². The lowest BCUT2D eigenvalue weighted by Crippen LogP contribution is -2.48. The zero-order valence-corrected chi connectivity index (χ0v) is 19.0. The second-order valence-corrected chi connectivity index (χ2v) is 8.07. The van der Waals surface area contributed by atoms with Crippen LogP contribution in [0.15, 0.2) is 43.1 Å². The monoisotopic (exact) mass is 486 g/mol. The molecular formula is C24H21ClF2N4O3. The highest BCUT2D eigenvalue weighted by molar-refractivity contribution is 6.34. The molecule has 0 aliphatic carbocycles. The number of carbonyl (C=O) groups excluding carboxylic acids is 2. The number of methoxy groups -OCH3 is 1. The van der Waals surface area contributed by atoms with E-state index < -0.39 is 17.5 Å². The first-order valence-electron chi connectivity index (χ1n) is 10.4. The second-order valence-electron chi connectivity index (χ2n) is 7.66. The predicted molar refractivity (Wildman–Crippen MR) is 126 cm³/mol. The number of rotatable bonds is 5. The van der Waals surface area contributed by atoms with E-state index in [1.165, 1.54) is 43.6 Å². The van der Waals surface area contributed by atoms with Crippen molar-refractivity contribution in [1.29, 1.82) is 0 Å². The van der Waals surface area contributed by atoms with Crippen LogP contribution in [0.3, 0.4) is 0 Å². The summed E-state index contributed by atoms with van der Waals surface area (Å²) in [6.45, 7) is 4.96. The van der Waals surface area contributed by atoms with Crippen molar-refractivity contribution in [3.8, 4) is 16.9 Å². The molecule has 1 saturated heterocycles. The molecule has 7 nitrogen and oxygen atoms in total. The van der Waals surface area contributed by atoms with Crippen LogP contribution in [0.4, 0.5) is 14.5 Å². The minimum Gasteiger partial charge on any atom is -0.496 e. The molecule has 0 spiro atoms. The molecule has 1 fully saturated rings. The Morgan fingerprint density at radius 1 is 1.21 bits per heavy atom. The van der Waals surface area contributed by atoms with E-state index in [1.807, 2.05) is 4.90 Å². The molecule has 2 aromatic carbocycles. The summed E-state index contributed by atoms with van der Waals surface area (Å²) in [6, 6.07) is 5.56. The Balaban J connectivity index is 1.91. The van der Waals surface area contributed by atoms with Crippen molar-refractivity contribution in [2.24, 2.45) is 5.73 Å². The molecule has 34 heavy (non-hydrogen) atoms. The molecule has 0 atom stereocenters. The molecule has 3 aromatic rings. The van der Waals surface area contributed by atoms with Gasteiger partial charge in [-0.2, -0.15) is 0 Å². The van der Waals surface area contributed by atoms with Gasteiger partial charge in [0, 0.05) is 43.3 Å². The minimum atomic E-state index is -0.858. The molecule has 1 aromatic heterocycles. The van der Waals surface area contributed by atoms with E-state index in [0.717, 1.165) is 0 Å². The Morgan fingerprint density at radius 2 is 1.91 bits per heavy atom. The van der Waals surface area contributed by atoms with E-state index in [9.17, 15) is 14.0 Å². The Morgan fingerprint density at radius 3 is 2.53 bits per heavy atom. The SMILES string of the molecule is C=CC(=O)N1CCN(c2c(C(N)=O)cnc3c(F)c(-c4c(F)cccc4OC)c(Cl)cc23)CC1. The molecule has 0 unspecified atom stereocenters. The number of anilines is 1. The summed E-state index contributed by atoms with van der Waals surface area (Å²) < 4.78 is 35.8. The third kappa shape index (κ3) is 3.92. The number of primary amides is 1. The lowest BCUT2D eigenvalue weighted by atomic mass is 9.98. The molecular weight excluding hydrogens is 466 g/mol. The molecule has 0 saturated carbocycles. The van der Waals surface area contributed by atoms with Crippen LogP contribution < -0.4 is 15.4 Å². The standard InChI is InChI=1S/C24H21ClF2N4O3/c1-3-18(32)30-7-9-31(10-8-30)23-13-11-15(25)19(20-16(26)5-4-6-17(20)34-2)21(27)22(13)29-12-14(23)24(28)33/h3-6,11-12H,1,7-10H2,2H3,(H2,28,33). The highest BCUT2D eigenvalue weighted by Crippen LogP contribution is 2.43. The third-order valence-corrected chi connectivity index (χ3v) is 6.12. The van der Waals surface area contributed by atoms with Gasteiger partial charge < -0.3 is 20.3 Å². The van der Waals surface area contributed by atoms with Crippen LogP contribution in [0.2, 0.25) is 5.02 Å². The number of hydrogen-bond acceptors (Lipinski definition) is 5. The smallest absolute Gasteiger partial charge is 0.252 e. The molecule has 2 heterocycles. The maximum absolute atomic E-state index is 15.8. The molecule has 1 aliphatic heterocycles. The average molecular weight is 487 g/mol. The average Bonchev–Trinajstić information content (AvgIpc) is 2.83. The van der Waals surface area contributed by atoms with Crippen LogP contribution in [0.5, 0.6) is 5.75 Å². The predicted octanol–water partition coefficient (Wildman–Crippen LogP) is 3.78. The molecule has 0 bridgehead atoms. The molecule has 2 amide bonds. The van der Waals surface area contributed by atoms with Crippen LogP contribution in [0.1, 0.15) is 10.4 Å². The number of amides is 2. The Hall–Kier alpha value is -3.72. The number of ether oxygens (including phenoxy) is 1. The largest absolute Gasteiger partial charge is 0.496 e. The van der Waals surface area contributed by atoms with Crippen molar-refractivity contribution in [1.82, 2.24) is 9.88 Å². The highest BCUT2D eigenvalue weighted by atomic mass is 35.5. The summed E-state index contributed by atoms with van der Waals surface area (Å²) in [5.74, 6) is -2.41. The van der Waals surface area contributed by atoms with Gasteiger partial charge in [0.05, 0.1) is 28.9 Å². The van der Waals surface area contributed by atoms with Gasteiger partial charge in [0.2, 0.25) is 5.91 Å². The van der Waals surface area contributed by atoms with E-state index in [4.69, 9.17) is 22.1 Å². The number of fused-ring (bicyclic) bond motifs is 1. The van der Waals surface area contributed by atoms with E-state index in [2.05, 4.69) is 11.6 Å². The zero-order chi connectivity index (χ0) is 24.6. The van der Waals surface area contributed by atoms with E-state index in [0.29, 0.717) is 31.9 Å². The summed E-state index contributed by atoms with van der Waals surface area (Å²) in [5.41, 5.74) is 5.60. The summed E-state index contributed by atoms with van der Waals surface area (Å²) in [7, 11) is 1.34. The fourth-order valence-electron chi connectivity index (χ4n) is 4.20. The van der Waals surface area contributed by atoms with Gasteiger partial charge in [0.25, 0.3) is 5.91 Å².